The maximum atomic E-state index is 13.2. The molecule has 4 heterocycles. The number of nitrogens with one attached hydrogen (secondary N) is 2. The third-order valence-electron chi connectivity index (χ3n) is 13.2. The van der Waals surface area contributed by atoms with E-state index in [2.05, 4.69) is 76.7 Å². The topological polar surface area (TPSA) is 116 Å². The lowest BCUT2D eigenvalue weighted by molar-refractivity contribution is 0.0903. The average molecular weight is 807 g/mol. The van der Waals surface area contributed by atoms with E-state index in [4.69, 9.17) is 19.4 Å². The van der Waals surface area contributed by atoms with Gasteiger partial charge in [0.2, 0.25) is 0 Å². The van der Waals surface area contributed by atoms with E-state index in [1.54, 1.807) is 9.80 Å². The molecule has 304 valence electrons. The van der Waals surface area contributed by atoms with E-state index in [-0.39, 0.29) is 55.2 Å². The van der Waals surface area contributed by atoms with Crippen molar-refractivity contribution in [2.75, 3.05) is 13.1 Å². The van der Waals surface area contributed by atoms with Crippen LogP contribution >= 0.6 is 0 Å². The van der Waals surface area contributed by atoms with Crippen molar-refractivity contribution in [3.05, 3.63) is 190 Å². The smallest absolute Gasteiger partial charge is 0.410 e. The van der Waals surface area contributed by atoms with Gasteiger partial charge in [-0.3, -0.25) is 9.80 Å². The van der Waals surface area contributed by atoms with Crippen LogP contribution in [0.5, 0.6) is 0 Å². The Morgan fingerprint density at radius 1 is 0.557 bits per heavy atom. The molecule has 5 aromatic carbocycles. The maximum absolute atomic E-state index is 13.2. The highest BCUT2D eigenvalue weighted by molar-refractivity contribution is 5.73. The summed E-state index contributed by atoms with van der Waals surface area (Å²) in [6.07, 6.45) is 6.66. The lowest BCUT2D eigenvalue weighted by atomic mass is 9.84. The molecule has 7 aromatic rings. The van der Waals surface area contributed by atoms with E-state index >= 15 is 0 Å². The molecule has 2 aliphatic carbocycles. The highest BCUT2D eigenvalue weighted by Crippen LogP contribution is 2.64. The highest BCUT2D eigenvalue weighted by atomic mass is 16.6. The fourth-order valence-electron chi connectivity index (χ4n) is 10.4. The fourth-order valence-corrected chi connectivity index (χ4v) is 10.4. The Morgan fingerprint density at radius 3 is 1.46 bits per heavy atom. The summed E-state index contributed by atoms with van der Waals surface area (Å²) in [7, 11) is 0. The molecular weight excluding hydrogens is 761 g/mol. The predicted molar refractivity (Wildman–Crippen MR) is 232 cm³/mol. The quantitative estimate of drug-likeness (QED) is 0.150. The van der Waals surface area contributed by atoms with Crippen LogP contribution in [0, 0.1) is 0 Å². The van der Waals surface area contributed by atoms with Gasteiger partial charge in [-0.05, 0) is 87.9 Å². The van der Waals surface area contributed by atoms with E-state index in [1.807, 2.05) is 73.1 Å². The second kappa shape index (κ2) is 15.6. The summed E-state index contributed by atoms with van der Waals surface area (Å²) in [5.74, 6) is 2.25. The van der Waals surface area contributed by atoms with Crippen molar-refractivity contribution in [2.24, 2.45) is 0 Å². The van der Waals surface area contributed by atoms with Gasteiger partial charge in [0.05, 0.1) is 35.9 Å². The lowest BCUT2D eigenvalue weighted by Gasteiger charge is -2.22. The second-order valence-electron chi connectivity index (χ2n) is 16.7. The summed E-state index contributed by atoms with van der Waals surface area (Å²) in [5, 5.41) is 0. The molecule has 2 amide bonds. The van der Waals surface area contributed by atoms with Crippen LogP contribution in [-0.2, 0) is 22.7 Å². The molecule has 0 spiro atoms. The summed E-state index contributed by atoms with van der Waals surface area (Å²) in [6, 6.07) is 43.9. The first-order valence-electron chi connectivity index (χ1n) is 21.4. The molecule has 2 aliphatic heterocycles. The van der Waals surface area contributed by atoms with Gasteiger partial charge in [0.25, 0.3) is 0 Å². The Bertz CT molecular complexity index is 2550. The normalized spacial score (nSPS) is 21.1. The highest BCUT2D eigenvalue weighted by Gasteiger charge is 2.50. The van der Waals surface area contributed by atoms with Crippen LogP contribution in [0.2, 0.25) is 0 Å². The number of imidazole rings is 2. The number of H-pyrrole nitrogens is 2. The maximum Gasteiger partial charge on any atom is 0.410 e. The van der Waals surface area contributed by atoms with Crippen LogP contribution < -0.4 is 0 Å². The van der Waals surface area contributed by atoms with Crippen molar-refractivity contribution >= 4 is 12.2 Å². The fraction of sp³-hybridized carbons (Fsp3) is 0.255. The Balaban J connectivity index is 0.841. The zero-order valence-electron chi connectivity index (χ0n) is 33.7. The number of nitrogens with zero attached hydrogens (tertiary/aromatic N) is 4. The van der Waals surface area contributed by atoms with Gasteiger partial charge in [0.15, 0.2) is 0 Å². The molecule has 10 nitrogen and oxygen atoms in total. The van der Waals surface area contributed by atoms with Gasteiger partial charge in [-0.1, -0.05) is 115 Å². The van der Waals surface area contributed by atoms with E-state index in [0.29, 0.717) is 13.1 Å². The van der Waals surface area contributed by atoms with Gasteiger partial charge in [-0.25, -0.2) is 19.6 Å². The summed E-state index contributed by atoms with van der Waals surface area (Å²) in [6.45, 7) is 1.78. The number of amides is 2. The van der Waals surface area contributed by atoms with Gasteiger partial charge >= 0.3 is 12.2 Å². The van der Waals surface area contributed by atoms with E-state index < -0.39 is 0 Å². The molecule has 61 heavy (non-hydrogen) atoms. The van der Waals surface area contributed by atoms with Gasteiger partial charge < -0.3 is 19.4 Å². The van der Waals surface area contributed by atoms with Crippen molar-refractivity contribution in [3.8, 4) is 22.5 Å². The first kappa shape index (κ1) is 37.1. The lowest BCUT2D eigenvalue weighted by Crippen LogP contribution is -2.31. The molecule has 2 bridgehead atoms. The van der Waals surface area contributed by atoms with E-state index in [0.717, 1.165) is 71.0 Å². The number of hydrogen-bond donors (Lipinski definition) is 2. The van der Waals surface area contributed by atoms with Crippen LogP contribution in [0.1, 0.15) is 106 Å². The zero-order chi connectivity index (χ0) is 40.9. The number of likely N-dealkylation sites (tertiary alicyclic amines) is 2. The average Bonchev–Trinajstić information content (AvgIpc) is 4.18. The van der Waals surface area contributed by atoms with E-state index in [9.17, 15) is 9.59 Å². The van der Waals surface area contributed by atoms with Crippen molar-refractivity contribution in [1.82, 2.24) is 29.7 Å². The van der Waals surface area contributed by atoms with Crippen molar-refractivity contribution in [3.63, 3.8) is 0 Å². The Hall–Kier alpha value is -6.94. The molecular formula is C51H46N6O4. The molecule has 2 unspecified atom stereocenters. The van der Waals surface area contributed by atoms with Crippen LogP contribution in [0.15, 0.2) is 140 Å². The van der Waals surface area contributed by atoms with Crippen molar-refractivity contribution in [1.29, 1.82) is 0 Å². The monoisotopic (exact) mass is 806 g/mol. The number of benzene rings is 5. The van der Waals surface area contributed by atoms with Crippen LogP contribution in [-0.4, -0.2) is 55.0 Å². The summed E-state index contributed by atoms with van der Waals surface area (Å²) < 4.78 is 11.4. The Labute approximate surface area is 354 Å². The number of ether oxygens (including phenoxy) is 2. The van der Waals surface area contributed by atoms with Gasteiger partial charge in [-0.2, -0.15) is 0 Å². The molecule has 2 aromatic heterocycles. The minimum atomic E-state index is -0.309. The largest absolute Gasteiger partial charge is 0.445 e. The van der Waals surface area contributed by atoms with Gasteiger partial charge in [0.1, 0.15) is 24.9 Å². The summed E-state index contributed by atoms with van der Waals surface area (Å²) in [5.41, 5.74) is 12.7. The number of rotatable bonds is 9. The molecule has 0 radical (unpaired) electrons. The van der Waals surface area contributed by atoms with Crippen molar-refractivity contribution in [2.45, 2.75) is 68.7 Å². The molecule has 4 aliphatic rings. The van der Waals surface area contributed by atoms with E-state index in [1.165, 1.54) is 27.8 Å². The third kappa shape index (κ3) is 6.76. The SMILES string of the molecule is O=C(OCc1ccccc1)N1CCC[C@H]1c1ncc(-c2ccc3c(c2)C2c4ccc(-c5cnc([C@@H]6CCCN6C(=O)OCc6ccccc6)[nH]5)cc4C3C2c2ccccc2)[nH]1. The number of hydrogen-bond acceptors (Lipinski definition) is 6. The van der Waals surface area contributed by atoms with Gasteiger partial charge in [0, 0.05) is 30.8 Å². The molecule has 0 saturated carbocycles. The minimum Gasteiger partial charge on any atom is -0.445 e. The predicted octanol–water partition coefficient (Wildman–Crippen LogP) is 10.8. The van der Waals surface area contributed by atoms with Crippen LogP contribution in [0.3, 0.4) is 0 Å². The number of carbonyl (C=O) groups is 2. The Kier molecular flexibility index (Phi) is 9.48. The molecule has 2 N–H and O–H groups in total. The number of carbonyl (C=O) groups excluding carboxylic acids is 2. The molecule has 2 saturated heterocycles. The van der Waals surface area contributed by atoms with Gasteiger partial charge in [-0.15, -0.1) is 0 Å². The minimum absolute atomic E-state index is 0.157. The van der Waals surface area contributed by atoms with Crippen LogP contribution in [0.25, 0.3) is 22.5 Å². The summed E-state index contributed by atoms with van der Waals surface area (Å²) in [4.78, 5) is 46.9. The Morgan fingerprint density at radius 2 is 1.00 bits per heavy atom. The first-order valence-corrected chi connectivity index (χ1v) is 21.4. The zero-order valence-corrected chi connectivity index (χ0v) is 33.7. The summed E-state index contributed by atoms with van der Waals surface area (Å²) >= 11 is 0. The third-order valence-corrected chi connectivity index (χ3v) is 13.2. The molecule has 4 atom stereocenters. The molecule has 11 rings (SSSR count). The van der Waals surface area contributed by atoms with Crippen LogP contribution in [0.4, 0.5) is 9.59 Å². The van der Waals surface area contributed by atoms with Crippen molar-refractivity contribution < 1.29 is 19.1 Å². The standard InChI is InChI=1S/C51H46N6O4/c58-50(60-30-32-12-4-1-5-13-32)56-24-10-18-43(56)48-52-28-41(54-48)35-20-22-37-39(26-35)46-38-23-21-36(27-40(38)47(37)45(46)34-16-8-3-9-17-34)42-29-53-49(55-42)44-19-11-25-57(44)51(59)61-31-33-14-6-2-7-15-33/h1-9,12-17,20-23,26-29,43-47H,10-11,18-19,24-25,30-31H2,(H,52,54)(H,53,55)/t43-,44-,45?,46?,47?/m0/s1. The second-order valence-corrected chi connectivity index (χ2v) is 16.7. The number of aromatic nitrogens is 4. The first-order chi connectivity index (χ1) is 30.1. The molecule has 10 heteroatoms. The number of fused-ring (bicyclic) bond motifs is 8. The molecule has 2 fully saturated rings. The number of aromatic amines is 2.